The van der Waals surface area contributed by atoms with Gasteiger partial charge in [-0.05, 0) is 36.8 Å². The first-order chi connectivity index (χ1) is 7.09. The number of benzene rings is 1. The lowest BCUT2D eigenvalue weighted by Gasteiger charge is -2.04. The quantitative estimate of drug-likeness (QED) is 0.752. The molecule has 0 radical (unpaired) electrons. The van der Waals surface area contributed by atoms with Crippen molar-refractivity contribution < 1.29 is 0 Å². The molecular formula is C9H8ClN3OS. The van der Waals surface area contributed by atoms with Gasteiger partial charge in [0.05, 0.1) is 10.7 Å². The number of nitrogens with one attached hydrogen (secondary N) is 2. The van der Waals surface area contributed by atoms with E-state index in [9.17, 15) is 4.79 Å². The van der Waals surface area contributed by atoms with Crippen LogP contribution in [0.15, 0.2) is 23.0 Å². The van der Waals surface area contributed by atoms with Crippen molar-refractivity contribution in [2.75, 3.05) is 0 Å². The molecule has 0 aliphatic carbocycles. The van der Waals surface area contributed by atoms with E-state index in [1.165, 1.54) is 4.57 Å². The van der Waals surface area contributed by atoms with E-state index in [1.54, 1.807) is 12.1 Å². The van der Waals surface area contributed by atoms with Gasteiger partial charge in [0.2, 0.25) is 4.77 Å². The van der Waals surface area contributed by atoms with Gasteiger partial charge in [0.25, 0.3) is 0 Å². The van der Waals surface area contributed by atoms with Crippen LogP contribution in [-0.4, -0.2) is 14.8 Å². The summed E-state index contributed by atoms with van der Waals surface area (Å²) in [6.45, 7) is 1.92. The first-order valence-corrected chi connectivity index (χ1v) is 5.04. The number of hydrogen-bond acceptors (Lipinski definition) is 2. The van der Waals surface area contributed by atoms with Gasteiger partial charge in [-0.2, -0.15) is 0 Å². The van der Waals surface area contributed by atoms with Crippen LogP contribution >= 0.6 is 23.8 Å². The summed E-state index contributed by atoms with van der Waals surface area (Å²) in [6.07, 6.45) is 0. The maximum atomic E-state index is 11.5. The van der Waals surface area contributed by atoms with E-state index in [1.807, 2.05) is 13.0 Å². The third-order valence-electron chi connectivity index (χ3n) is 2.03. The molecular weight excluding hydrogens is 234 g/mol. The standard InChI is InChI=1S/C9H8ClN3OS/c1-5-2-3-6(10)7(4-5)13-8(14)11-12-9(13)15/h2-4H,1H3,(H,11,14)(H,12,15). The lowest BCUT2D eigenvalue weighted by Crippen LogP contribution is -2.15. The molecule has 2 aromatic rings. The fraction of sp³-hybridized carbons (Fsp3) is 0.111. The highest BCUT2D eigenvalue weighted by atomic mass is 35.5. The van der Waals surface area contributed by atoms with Crippen molar-refractivity contribution in [2.45, 2.75) is 6.92 Å². The summed E-state index contributed by atoms with van der Waals surface area (Å²) in [6, 6.07) is 5.41. The van der Waals surface area contributed by atoms with Crippen molar-refractivity contribution >= 4 is 23.8 Å². The number of aromatic amines is 2. The van der Waals surface area contributed by atoms with Crippen molar-refractivity contribution in [1.29, 1.82) is 0 Å². The molecule has 1 aromatic heterocycles. The zero-order valence-corrected chi connectivity index (χ0v) is 9.45. The number of aromatic nitrogens is 3. The van der Waals surface area contributed by atoms with E-state index in [0.29, 0.717) is 15.5 Å². The van der Waals surface area contributed by atoms with E-state index < -0.39 is 0 Å². The van der Waals surface area contributed by atoms with Crippen LogP contribution in [0.2, 0.25) is 5.02 Å². The fourth-order valence-electron chi connectivity index (χ4n) is 1.32. The topological polar surface area (TPSA) is 53.6 Å². The van der Waals surface area contributed by atoms with E-state index >= 15 is 0 Å². The fourth-order valence-corrected chi connectivity index (χ4v) is 1.76. The summed E-state index contributed by atoms with van der Waals surface area (Å²) in [7, 11) is 0. The van der Waals surface area contributed by atoms with Gasteiger partial charge >= 0.3 is 5.69 Å². The van der Waals surface area contributed by atoms with E-state index in [2.05, 4.69) is 10.2 Å². The maximum absolute atomic E-state index is 11.5. The predicted molar refractivity (Wildman–Crippen MR) is 61.3 cm³/mol. The van der Waals surface area contributed by atoms with Crippen LogP contribution in [0.5, 0.6) is 0 Å². The average molecular weight is 242 g/mol. The Morgan fingerprint density at radius 3 is 2.73 bits per heavy atom. The zero-order valence-electron chi connectivity index (χ0n) is 7.87. The van der Waals surface area contributed by atoms with Crippen molar-refractivity contribution in [3.05, 3.63) is 44.0 Å². The monoisotopic (exact) mass is 241 g/mol. The molecule has 6 heteroatoms. The summed E-state index contributed by atoms with van der Waals surface area (Å²) >= 11 is 11.0. The molecule has 2 N–H and O–H groups in total. The maximum Gasteiger partial charge on any atom is 0.347 e. The summed E-state index contributed by atoms with van der Waals surface area (Å²) in [4.78, 5) is 11.5. The van der Waals surface area contributed by atoms with Crippen molar-refractivity contribution in [3.63, 3.8) is 0 Å². The number of rotatable bonds is 1. The highest BCUT2D eigenvalue weighted by molar-refractivity contribution is 7.71. The average Bonchev–Trinajstić information content (AvgIpc) is 2.51. The molecule has 1 aromatic carbocycles. The summed E-state index contributed by atoms with van der Waals surface area (Å²) in [5.74, 6) is 0. The Bertz CT molecular complexity index is 583. The minimum atomic E-state index is -0.326. The highest BCUT2D eigenvalue weighted by Crippen LogP contribution is 2.20. The lowest BCUT2D eigenvalue weighted by molar-refractivity contribution is 0.973. The van der Waals surface area contributed by atoms with E-state index in [-0.39, 0.29) is 5.69 Å². The van der Waals surface area contributed by atoms with Gasteiger partial charge in [-0.3, -0.25) is 5.10 Å². The molecule has 0 saturated heterocycles. The molecule has 0 bridgehead atoms. The van der Waals surface area contributed by atoms with Crippen LogP contribution in [-0.2, 0) is 0 Å². The first kappa shape index (κ1) is 10.2. The minimum absolute atomic E-state index is 0.299. The lowest BCUT2D eigenvalue weighted by atomic mass is 10.2. The third kappa shape index (κ3) is 1.75. The van der Waals surface area contributed by atoms with Gasteiger partial charge in [0.1, 0.15) is 0 Å². The molecule has 0 spiro atoms. The highest BCUT2D eigenvalue weighted by Gasteiger charge is 2.07. The second kappa shape index (κ2) is 3.67. The van der Waals surface area contributed by atoms with Crippen LogP contribution in [0.3, 0.4) is 0 Å². The number of halogens is 1. The molecule has 0 unspecified atom stereocenters. The number of aryl methyl sites for hydroxylation is 1. The smallest absolute Gasteiger partial charge is 0.272 e. The van der Waals surface area contributed by atoms with Crippen LogP contribution in [0.25, 0.3) is 5.69 Å². The van der Waals surface area contributed by atoms with Crippen molar-refractivity contribution in [1.82, 2.24) is 14.8 Å². The molecule has 0 fully saturated rings. The molecule has 0 aliphatic heterocycles. The second-order valence-corrected chi connectivity index (χ2v) is 3.94. The van der Waals surface area contributed by atoms with E-state index in [4.69, 9.17) is 23.8 Å². The Morgan fingerprint density at radius 2 is 2.13 bits per heavy atom. The molecule has 0 amide bonds. The molecule has 78 valence electrons. The van der Waals surface area contributed by atoms with Gasteiger partial charge in [0.15, 0.2) is 0 Å². The molecule has 4 nitrogen and oxygen atoms in total. The van der Waals surface area contributed by atoms with Crippen molar-refractivity contribution in [2.24, 2.45) is 0 Å². The minimum Gasteiger partial charge on any atom is -0.272 e. The second-order valence-electron chi connectivity index (χ2n) is 3.15. The largest absolute Gasteiger partial charge is 0.347 e. The normalized spacial score (nSPS) is 10.5. The summed E-state index contributed by atoms with van der Waals surface area (Å²) in [5.41, 5.74) is 1.27. The van der Waals surface area contributed by atoms with Crippen LogP contribution in [0.4, 0.5) is 0 Å². The number of H-pyrrole nitrogens is 2. The van der Waals surface area contributed by atoms with Crippen molar-refractivity contribution in [3.8, 4) is 5.69 Å². The summed E-state index contributed by atoms with van der Waals surface area (Å²) in [5, 5.41) is 5.45. The SMILES string of the molecule is Cc1ccc(Cl)c(-n2c(=O)[nH][nH]c2=S)c1. The van der Waals surface area contributed by atoms with Gasteiger partial charge in [-0.15, -0.1) is 0 Å². The van der Waals surface area contributed by atoms with Gasteiger partial charge in [0, 0.05) is 0 Å². The Balaban J connectivity index is 2.79. The first-order valence-electron chi connectivity index (χ1n) is 4.26. The van der Waals surface area contributed by atoms with Gasteiger partial charge in [-0.25, -0.2) is 14.5 Å². The molecule has 0 saturated carbocycles. The Kier molecular flexibility index (Phi) is 2.50. The molecule has 1 heterocycles. The van der Waals surface area contributed by atoms with Crippen LogP contribution in [0, 0.1) is 11.7 Å². The molecule has 2 rings (SSSR count). The van der Waals surface area contributed by atoms with Crippen LogP contribution < -0.4 is 5.69 Å². The zero-order chi connectivity index (χ0) is 11.0. The summed E-state index contributed by atoms with van der Waals surface area (Å²) < 4.78 is 1.62. The van der Waals surface area contributed by atoms with Crippen LogP contribution in [0.1, 0.15) is 5.56 Å². The number of hydrogen-bond donors (Lipinski definition) is 2. The Morgan fingerprint density at radius 1 is 1.40 bits per heavy atom. The molecule has 15 heavy (non-hydrogen) atoms. The Labute approximate surface area is 95.5 Å². The predicted octanol–water partition coefficient (Wildman–Crippen LogP) is 2.19. The third-order valence-corrected chi connectivity index (χ3v) is 2.63. The number of nitrogens with zero attached hydrogens (tertiary/aromatic N) is 1. The van der Waals surface area contributed by atoms with E-state index in [0.717, 1.165) is 5.56 Å². The molecule has 0 atom stereocenters. The Hall–Kier alpha value is -1.33. The van der Waals surface area contributed by atoms with Gasteiger partial charge < -0.3 is 0 Å². The van der Waals surface area contributed by atoms with Gasteiger partial charge in [-0.1, -0.05) is 17.7 Å². The molecule has 0 aliphatic rings.